The zero-order valence-electron chi connectivity index (χ0n) is 26.3. The number of benzene rings is 3. The van der Waals surface area contributed by atoms with Crippen molar-refractivity contribution >= 4 is 21.5 Å². The Labute approximate surface area is 292 Å². The number of halogens is 2. The monoisotopic (exact) mass is 824 g/mol. The van der Waals surface area contributed by atoms with Gasteiger partial charge in [-0.25, -0.2) is 9.13 Å². The molecule has 0 spiro atoms. The maximum absolute atomic E-state index is 5.89. The molecular formula is C34H38I2N2O6. The predicted octanol–water partition coefficient (Wildman–Crippen LogP) is -1.12. The van der Waals surface area contributed by atoms with Gasteiger partial charge in [0.25, 0.3) is 0 Å². The molecule has 0 N–H and O–H groups in total. The molecule has 0 saturated carbocycles. The summed E-state index contributed by atoms with van der Waals surface area (Å²) in [5, 5.41) is 4.04. The van der Waals surface area contributed by atoms with Crippen molar-refractivity contribution in [3.05, 3.63) is 83.4 Å². The van der Waals surface area contributed by atoms with E-state index in [9.17, 15) is 0 Å². The smallest absolute Gasteiger partial charge is 0.204 e. The van der Waals surface area contributed by atoms with Gasteiger partial charge in [-0.05, 0) is 23.3 Å². The standard InChI is InChI=1S/C34H38N2O6.2HI/c1-35-14-12-23-19-27(37-3)31(39-5)33(41-7)29(23)25(35)17-21-10-9-11-22(16-21)18-26-30-24(13-15-36(26)2)20-28(38-4)32(40-6)34(30)42-8;;/h9-16,19-20H,17-18H2,1-8H3;2*1H/q+2;;/p-2. The molecular weight excluding hydrogens is 786 g/mol. The molecule has 0 amide bonds. The largest absolute Gasteiger partial charge is 1.00 e. The number of nitrogens with zero attached hydrogens (tertiary/aromatic N) is 2. The Balaban J connectivity index is 0.00000264. The zero-order valence-corrected chi connectivity index (χ0v) is 30.6. The Bertz CT molecular complexity index is 1670. The summed E-state index contributed by atoms with van der Waals surface area (Å²) < 4.78 is 38.6. The minimum absolute atomic E-state index is 0. The first-order valence-electron chi connectivity index (χ1n) is 13.7. The first-order chi connectivity index (χ1) is 20.4. The minimum Gasteiger partial charge on any atom is -1.00 e. The van der Waals surface area contributed by atoms with Gasteiger partial charge in [0.1, 0.15) is 14.1 Å². The minimum atomic E-state index is 0. The first kappa shape index (κ1) is 35.2. The van der Waals surface area contributed by atoms with Crippen LogP contribution in [0.3, 0.4) is 0 Å². The van der Waals surface area contributed by atoms with Crippen LogP contribution in [0.15, 0.2) is 60.9 Å². The van der Waals surface area contributed by atoms with E-state index in [4.69, 9.17) is 28.4 Å². The van der Waals surface area contributed by atoms with E-state index in [1.807, 2.05) is 12.1 Å². The van der Waals surface area contributed by atoms with Crippen molar-refractivity contribution in [1.29, 1.82) is 0 Å². The number of aryl methyl sites for hydroxylation is 2. The number of hydrogen-bond donors (Lipinski definition) is 0. The number of pyridine rings is 2. The van der Waals surface area contributed by atoms with Crippen LogP contribution in [-0.2, 0) is 26.9 Å². The van der Waals surface area contributed by atoms with Crippen LogP contribution in [0.5, 0.6) is 34.5 Å². The maximum Gasteiger partial charge on any atom is 0.204 e. The third-order valence-corrected chi connectivity index (χ3v) is 7.84. The molecule has 5 rings (SSSR count). The molecule has 2 heterocycles. The number of methoxy groups -OCH3 is 6. The van der Waals surface area contributed by atoms with Gasteiger partial charge in [0, 0.05) is 22.9 Å². The van der Waals surface area contributed by atoms with Gasteiger partial charge in [-0.2, -0.15) is 0 Å². The summed E-state index contributed by atoms with van der Waals surface area (Å²) in [6.07, 6.45) is 5.53. The second kappa shape index (κ2) is 15.2. The average Bonchev–Trinajstić information content (AvgIpc) is 3.01. The number of rotatable bonds is 10. The Hall–Kier alpha value is -3.26. The van der Waals surface area contributed by atoms with E-state index in [1.54, 1.807) is 42.7 Å². The van der Waals surface area contributed by atoms with Crippen molar-refractivity contribution in [3.8, 4) is 34.5 Å². The fourth-order valence-corrected chi connectivity index (χ4v) is 5.79. The van der Waals surface area contributed by atoms with Crippen molar-refractivity contribution in [3.63, 3.8) is 0 Å². The Morgan fingerprint density at radius 1 is 0.500 bits per heavy atom. The highest BCUT2D eigenvalue weighted by molar-refractivity contribution is 5.95. The van der Waals surface area contributed by atoms with Crippen molar-refractivity contribution in [2.45, 2.75) is 12.8 Å². The fraction of sp³-hybridized carbons (Fsp3) is 0.294. The lowest BCUT2D eigenvalue weighted by Gasteiger charge is -2.16. The normalized spacial score (nSPS) is 10.5. The summed E-state index contributed by atoms with van der Waals surface area (Å²) >= 11 is 0. The molecule has 0 radical (unpaired) electrons. The van der Waals surface area contributed by atoms with Gasteiger partial charge in [0.2, 0.25) is 11.5 Å². The summed E-state index contributed by atoms with van der Waals surface area (Å²) in [6, 6.07) is 16.8. The van der Waals surface area contributed by atoms with Crippen LogP contribution in [0.2, 0.25) is 0 Å². The van der Waals surface area contributed by atoms with E-state index in [2.05, 4.69) is 72.0 Å². The second-order valence-corrected chi connectivity index (χ2v) is 10.1. The lowest BCUT2D eigenvalue weighted by Crippen LogP contribution is -3.00. The van der Waals surface area contributed by atoms with Crippen LogP contribution >= 0.6 is 0 Å². The quantitative estimate of drug-likeness (QED) is 0.132. The summed E-state index contributed by atoms with van der Waals surface area (Å²) in [4.78, 5) is 0. The van der Waals surface area contributed by atoms with Crippen LogP contribution in [0.4, 0.5) is 0 Å². The Kier molecular flexibility index (Phi) is 12.1. The van der Waals surface area contributed by atoms with Crippen molar-refractivity contribution in [2.24, 2.45) is 14.1 Å². The SMILES string of the molecule is COc1cc2cc[n+](C)c(Cc3cccc(Cc4c5c(OC)c(OC)c(OC)cc5cc[n+]4C)c3)c2c(OC)c1OC.[I-].[I-]. The van der Waals surface area contributed by atoms with E-state index in [0.717, 1.165) is 32.9 Å². The molecule has 0 unspecified atom stereocenters. The van der Waals surface area contributed by atoms with Crippen LogP contribution in [0, 0.1) is 0 Å². The second-order valence-electron chi connectivity index (χ2n) is 10.1. The van der Waals surface area contributed by atoms with E-state index in [1.165, 1.54) is 11.1 Å². The molecule has 44 heavy (non-hydrogen) atoms. The molecule has 10 heteroatoms. The molecule has 234 valence electrons. The highest BCUT2D eigenvalue weighted by Crippen LogP contribution is 2.45. The number of ether oxygens (including phenoxy) is 6. The van der Waals surface area contributed by atoms with Gasteiger partial charge in [-0.1, -0.05) is 24.3 Å². The van der Waals surface area contributed by atoms with Gasteiger partial charge in [-0.15, -0.1) is 0 Å². The molecule has 3 aromatic carbocycles. The van der Waals surface area contributed by atoms with Gasteiger partial charge in [-0.3, -0.25) is 0 Å². The summed E-state index contributed by atoms with van der Waals surface area (Å²) in [7, 11) is 14.0. The Morgan fingerprint density at radius 2 is 0.886 bits per heavy atom. The molecule has 2 aromatic heterocycles. The molecule has 0 aliphatic heterocycles. The topological polar surface area (TPSA) is 63.1 Å². The summed E-state index contributed by atoms with van der Waals surface area (Å²) in [6.45, 7) is 0. The number of aromatic nitrogens is 2. The van der Waals surface area contributed by atoms with Gasteiger partial charge < -0.3 is 76.4 Å². The predicted molar refractivity (Wildman–Crippen MR) is 162 cm³/mol. The molecule has 0 bridgehead atoms. The molecule has 0 aliphatic carbocycles. The maximum atomic E-state index is 5.89. The number of hydrogen-bond acceptors (Lipinski definition) is 6. The van der Waals surface area contributed by atoms with Crippen LogP contribution in [-0.4, -0.2) is 42.7 Å². The molecule has 0 fully saturated rings. The van der Waals surface area contributed by atoms with E-state index >= 15 is 0 Å². The van der Waals surface area contributed by atoms with E-state index < -0.39 is 0 Å². The third kappa shape index (κ3) is 6.42. The van der Waals surface area contributed by atoms with E-state index in [-0.39, 0.29) is 48.0 Å². The van der Waals surface area contributed by atoms with Gasteiger partial charge in [0.15, 0.2) is 46.8 Å². The van der Waals surface area contributed by atoms with Crippen molar-refractivity contribution < 1.29 is 85.5 Å². The summed E-state index contributed by atoms with van der Waals surface area (Å²) in [5.41, 5.74) is 4.58. The zero-order chi connectivity index (χ0) is 30.0. The van der Waals surface area contributed by atoms with Crippen LogP contribution < -0.4 is 85.5 Å². The van der Waals surface area contributed by atoms with Crippen LogP contribution in [0.1, 0.15) is 22.5 Å². The van der Waals surface area contributed by atoms with Gasteiger partial charge >= 0.3 is 0 Å². The third-order valence-electron chi connectivity index (χ3n) is 7.84. The van der Waals surface area contributed by atoms with Crippen molar-refractivity contribution in [1.82, 2.24) is 0 Å². The molecule has 0 atom stereocenters. The fourth-order valence-electron chi connectivity index (χ4n) is 5.79. The Morgan fingerprint density at radius 3 is 1.23 bits per heavy atom. The summed E-state index contributed by atoms with van der Waals surface area (Å²) in [5.74, 6) is 3.76. The molecule has 5 aromatic rings. The molecule has 8 nitrogen and oxygen atoms in total. The lowest BCUT2D eigenvalue weighted by molar-refractivity contribution is -0.677. The molecule has 0 saturated heterocycles. The first-order valence-corrected chi connectivity index (χ1v) is 13.7. The average molecular weight is 824 g/mol. The lowest BCUT2D eigenvalue weighted by atomic mass is 9.97. The highest BCUT2D eigenvalue weighted by Gasteiger charge is 2.26. The number of fused-ring (bicyclic) bond motifs is 2. The van der Waals surface area contributed by atoms with Crippen LogP contribution in [0.25, 0.3) is 21.5 Å². The van der Waals surface area contributed by atoms with Gasteiger partial charge in [0.05, 0.1) is 66.3 Å². The molecule has 0 aliphatic rings. The van der Waals surface area contributed by atoms with E-state index in [0.29, 0.717) is 47.3 Å². The van der Waals surface area contributed by atoms with Crippen molar-refractivity contribution in [2.75, 3.05) is 42.7 Å². The highest BCUT2D eigenvalue weighted by atomic mass is 127.